The number of methoxy groups -OCH3 is 1. The fourth-order valence-corrected chi connectivity index (χ4v) is 2.57. The van der Waals surface area contributed by atoms with Crippen LogP contribution in [0.5, 0.6) is 0 Å². The van der Waals surface area contributed by atoms with Crippen molar-refractivity contribution in [3.05, 3.63) is 29.3 Å². The van der Waals surface area contributed by atoms with Gasteiger partial charge < -0.3 is 9.72 Å². The van der Waals surface area contributed by atoms with Crippen LogP contribution in [0.4, 0.5) is 5.69 Å². The van der Waals surface area contributed by atoms with Crippen LogP contribution in [0.1, 0.15) is 15.9 Å². The van der Waals surface area contributed by atoms with Gasteiger partial charge in [0.2, 0.25) is 0 Å². The second-order valence-corrected chi connectivity index (χ2v) is 9.61. The number of benzene rings is 1. The summed E-state index contributed by atoms with van der Waals surface area (Å²) in [5.41, 5.74) is 2.60. The predicted molar refractivity (Wildman–Crippen MR) is 69.5 cm³/mol. The minimum Gasteiger partial charge on any atom is -0.465 e. The third kappa shape index (κ3) is 3.10. The molecule has 1 rings (SSSR count). The van der Waals surface area contributed by atoms with E-state index >= 15 is 0 Å². The molecular formula is C12H19NO2Si. The molecule has 0 aliphatic carbocycles. The molecule has 88 valence electrons. The van der Waals surface area contributed by atoms with Crippen molar-refractivity contribution < 1.29 is 9.53 Å². The zero-order valence-corrected chi connectivity index (χ0v) is 11.5. The summed E-state index contributed by atoms with van der Waals surface area (Å²) >= 11 is 0. The highest BCUT2D eigenvalue weighted by molar-refractivity contribution is 6.79. The molecule has 0 amide bonds. The van der Waals surface area contributed by atoms with Gasteiger partial charge >= 0.3 is 5.97 Å². The zero-order chi connectivity index (χ0) is 12.3. The van der Waals surface area contributed by atoms with E-state index < -0.39 is 8.24 Å². The first-order chi connectivity index (χ1) is 7.35. The maximum atomic E-state index is 11.6. The molecule has 0 aliphatic rings. The van der Waals surface area contributed by atoms with Crippen molar-refractivity contribution in [1.82, 2.24) is 0 Å². The molecule has 4 heteroatoms. The number of carbonyl (C=O) groups is 1. The van der Waals surface area contributed by atoms with E-state index in [1.54, 1.807) is 6.07 Å². The number of ether oxygens (including phenoxy) is 1. The molecule has 0 fully saturated rings. The predicted octanol–water partition coefficient (Wildman–Crippen LogP) is 3.03. The molecule has 0 saturated heterocycles. The molecule has 3 nitrogen and oxygen atoms in total. The number of hydrogen-bond acceptors (Lipinski definition) is 3. The number of nitrogens with one attached hydrogen (secondary N) is 1. The van der Waals surface area contributed by atoms with Gasteiger partial charge in [0, 0.05) is 5.69 Å². The Balaban J connectivity index is 3.19. The van der Waals surface area contributed by atoms with Crippen LogP contribution < -0.4 is 4.98 Å². The topological polar surface area (TPSA) is 38.3 Å². The van der Waals surface area contributed by atoms with Gasteiger partial charge in [-0.1, -0.05) is 31.8 Å². The van der Waals surface area contributed by atoms with Crippen LogP contribution in [0, 0.1) is 6.92 Å². The summed E-state index contributed by atoms with van der Waals surface area (Å²) in [5.74, 6) is -0.288. The van der Waals surface area contributed by atoms with Gasteiger partial charge in [0.15, 0.2) is 0 Å². The van der Waals surface area contributed by atoms with Gasteiger partial charge in [-0.05, 0) is 18.6 Å². The number of hydrogen-bond donors (Lipinski definition) is 1. The second-order valence-electron chi connectivity index (χ2n) is 4.86. The van der Waals surface area contributed by atoms with E-state index in [1.165, 1.54) is 7.11 Å². The summed E-state index contributed by atoms with van der Waals surface area (Å²) in [5, 5.41) is 0. The van der Waals surface area contributed by atoms with Crippen molar-refractivity contribution in [2.75, 3.05) is 12.1 Å². The number of rotatable bonds is 3. The summed E-state index contributed by atoms with van der Waals surface area (Å²) in [6.07, 6.45) is 0. The molecule has 1 aromatic carbocycles. The van der Waals surface area contributed by atoms with E-state index in [2.05, 4.69) is 24.6 Å². The minimum atomic E-state index is -1.48. The smallest absolute Gasteiger partial charge is 0.339 e. The van der Waals surface area contributed by atoms with E-state index in [4.69, 9.17) is 4.74 Å². The average molecular weight is 237 g/mol. The third-order valence-corrected chi connectivity index (χ3v) is 3.18. The number of para-hydroxylation sites is 1. The molecule has 0 aliphatic heterocycles. The lowest BCUT2D eigenvalue weighted by atomic mass is 10.1. The highest BCUT2D eigenvalue weighted by atomic mass is 28.3. The first-order valence-corrected chi connectivity index (χ1v) is 8.81. The fraction of sp³-hybridized carbons (Fsp3) is 0.417. The highest BCUT2D eigenvalue weighted by Crippen LogP contribution is 2.23. The lowest BCUT2D eigenvalue weighted by Crippen LogP contribution is -2.33. The molecule has 0 radical (unpaired) electrons. The molecule has 0 spiro atoms. The normalized spacial score (nSPS) is 11.1. The monoisotopic (exact) mass is 237 g/mol. The Morgan fingerprint density at radius 1 is 1.31 bits per heavy atom. The number of anilines is 1. The SMILES string of the molecule is COC(=O)c1cccc(C)c1N[Si](C)(C)C. The van der Waals surface area contributed by atoms with E-state index in [0.717, 1.165) is 11.3 Å². The van der Waals surface area contributed by atoms with Gasteiger partial charge in [-0.15, -0.1) is 0 Å². The molecular weight excluding hydrogens is 218 g/mol. The van der Waals surface area contributed by atoms with Crippen molar-refractivity contribution in [2.45, 2.75) is 26.6 Å². The standard InChI is InChI=1S/C12H19NO2Si/c1-9-7-6-8-10(12(14)15-2)11(9)13-16(3,4)5/h6-8,13H,1-5H3. The Morgan fingerprint density at radius 2 is 1.94 bits per heavy atom. The van der Waals surface area contributed by atoms with Crippen LogP contribution in [0.2, 0.25) is 19.6 Å². The van der Waals surface area contributed by atoms with E-state index in [9.17, 15) is 4.79 Å². The summed E-state index contributed by atoms with van der Waals surface area (Å²) in [4.78, 5) is 15.1. The summed E-state index contributed by atoms with van der Waals surface area (Å²) < 4.78 is 4.78. The van der Waals surface area contributed by atoms with Crippen LogP contribution in [-0.2, 0) is 4.74 Å². The number of aryl methyl sites for hydroxylation is 1. The van der Waals surface area contributed by atoms with E-state index in [1.807, 2.05) is 19.1 Å². The summed E-state index contributed by atoms with van der Waals surface area (Å²) in [7, 11) is -0.0715. The quantitative estimate of drug-likeness (QED) is 0.648. The lowest BCUT2D eigenvalue weighted by Gasteiger charge is -2.23. The van der Waals surface area contributed by atoms with Crippen LogP contribution in [0.15, 0.2) is 18.2 Å². The van der Waals surface area contributed by atoms with Crippen molar-refractivity contribution in [3.63, 3.8) is 0 Å². The minimum absolute atomic E-state index is 0.288. The molecule has 0 aromatic heterocycles. The van der Waals surface area contributed by atoms with Crippen LogP contribution >= 0.6 is 0 Å². The summed E-state index contributed by atoms with van der Waals surface area (Å²) in [6.45, 7) is 8.58. The Morgan fingerprint density at radius 3 is 2.44 bits per heavy atom. The maximum Gasteiger partial charge on any atom is 0.339 e. The van der Waals surface area contributed by atoms with Crippen molar-refractivity contribution in [2.24, 2.45) is 0 Å². The van der Waals surface area contributed by atoms with Crippen LogP contribution in [0.25, 0.3) is 0 Å². The third-order valence-electron chi connectivity index (χ3n) is 2.18. The van der Waals surface area contributed by atoms with Crippen molar-refractivity contribution >= 4 is 19.9 Å². The second kappa shape index (κ2) is 4.70. The Kier molecular flexibility index (Phi) is 3.75. The maximum absolute atomic E-state index is 11.6. The van der Waals surface area contributed by atoms with E-state index in [-0.39, 0.29) is 5.97 Å². The Labute approximate surface area is 97.9 Å². The molecule has 0 atom stereocenters. The fourth-order valence-electron chi connectivity index (χ4n) is 1.49. The Hall–Kier alpha value is -1.29. The molecule has 1 aromatic rings. The molecule has 16 heavy (non-hydrogen) atoms. The molecule has 0 bridgehead atoms. The number of carbonyl (C=O) groups excluding carboxylic acids is 1. The van der Waals surface area contributed by atoms with Crippen molar-refractivity contribution in [3.8, 4) is 0 Å². The Bertz CT molecular complexity index is 396. The molecule has 0 heterocycles. The summed E-state index contributed by atoms with van der Waals surface area (Å²) in [6, 6.07) is 5.66. The van der Waals surface area contributed by atoms with Gasteiger partial charge in [0.25, 0.3) is 0 Å². The molecule has 0 saturated carbocycles. The van der Waals surface area contributed by atoms with Gasteiger partial charge in [-0.3, -0.25) is 0 Å². The van der Waals surface area contributed by atoms with Gasteiger partial charge in [0.1, 0.15) is 8.24 Å². The molecule has 0 unspecified atom stereocenters. The van der Waals surface area contributed by atoms with Gasteiger partial charge in [0.05, 0.1) is 12.7 Å². The van der Waals surface area contributed by atoms with Crippen LogP contribution in [0.3, 0.4) is 0 Å². The zero-order valence-electron chi connectivity index (χ0n) is 10.5. The lowest BCUT2D eigenvalue weighted by molar-refractivity contribution is 0.0602. The van der Waals surface area contributed by atoms with E-state index in [0.29, 0.717) is 5.56 Å². The first kappa shape index (κ1) is 12.8. The van der Waals surface area contributed by atoms with Crippen molar-refractivity contribution in [1.29, 1.82) is 0 Å². The highest BCUT2D eigenvalue weighted by Gasteiger charge is 2.19. The largest absolute Gasteiger partial charge is 0.465 e. The molecule has 1 N–H and O–H groups in total. The average Bonchev–Trinajstić information content (AvgIpc) is 2.18. The van der Waals surface area contributed by atoms with Gasteiger partial charge in [-0.25, -0.2) is 4.79 Å². The number of esters is 1. The van der Waals surface area contributed by atoms with Crippen LogP contribution in [-0.4, -0.2) is 21.3 Å². The van der Waals surface area contributed by atoms with Gasteiger partial charge in [-0.2, -0.15) is 0 Å². The first-order valence-electron chi connectivity index (χ1n) is 5.31.